The number of allylic oxidation sites excluding steroid dienone is 1. The van der Waals surface area contributed by atoms with Crippen LogP contribution in [0.15, 0.2) is 48.6 Å². The lowest BCUT2D eigenvalue weighted by Gasteiger charge is -2.30. The molecule has 344 valence electrons. The molecule has 22 heteroatoms. The van der Waals surface area contributed by atoms with Crippen LogP contribution in [0, 0.1) is 11.7 Å². The molecule has 3 aliphatic heterocycles. The summed E-state index contributed by atoms with van der Waals surface area (Å²) in [6.07, 6.45) is -8.66. The Hall–Kier alpha value is -5.41. The van der Waals surface area contributed by atoms with Crippen LogP contribution in [0.5, 0.6) is 0 Å². The van der Waals surface area contributed by atoms with Gasteiger partial charge >= 0.3 is 24.5 Å². The Morgan fingerprint density at radius 2 is 1.63 bits per heavy atom. The second-order valence-corrected chi connectivity index (χ2v) is 18.8. The molecule has 3 heterocycles. The van der Waals surface area contributed by atoms with Gasteiger partial charge in [-0.1, -0.05) is 37.1 Å². The van der Waals surface area contributed by atoms with E-state index in [1.54, 1.807) is 43.7 Å². The van der Waals surface area contributed by atoms with E-state index in [1.165, 1.54) is 17.0 Å². The molecule has 1 saturated heterocycles. The van der Waals surface area contributed by atoms with Gasteiger partial charge in [0.1, 0.15) is 35.1 Å². The Labute approximate surface area is 357 Å². The maximum Gasteiger partial charge on any atom is 0.416 e. The lowest BCUT2D eigenvalue weighted by Crippen LogP contribution is -2.58. The number of rotatable bonds is 6. The number of carbonyl (C=O) groups excluding carboxylic acids is 5. The van der Waals surface area contributed by atoms with Crippen LogP contribution < -0.4 is 15.4 Å². The minimum Gasteiger partial charge on any atom is -0.444 e. The molecule has 3 N–H and O–H groups in total. The topological polar surface area (TPSA) is 181 Å². The van der Waals surface area contributed by atoms with E-state index in [4.69, 9.17) is 9.47 Å². The molecule has 0 spiro atoms. The van der Waals surface area contributed by atoms with Gasteiger partial charge in [-0.15, -0.1) is 0 Å². The van der Waals surface area contributed by atoms with Crippen molar-refractivity contribution >= 4 is 39.9 Å². The maximum absolute atomic E-state index is 14.5. The number of alkyl halides is 6. The van der Waals surface area contributed by atoms with Gasteiger partial charge in [0.05, 0.1) is 30.0 Å². The monoisotopic (exact) mass is 917 g/mol. The zero-order chi connectivity index (χ0) is 46.3. The van der Waals surface area contributed by atoms with E-state index in [0.717, 1.165) is 4.90 Å². The zero-order valence-corrected chi connectivity index (χ0v) is 35.1. The van der Waals surface area contributed by atoms with Crippen LogP contribution in [0.25, 0.3) is 0 Å². The third-order valence-electron chi connectivity index (χ3n) is 11.0. The summed E-state index contributed by atoms with van der Waals surface area (Å²) in [7, 11) is -5.03. The Morgan fingerprint density at radius 3 is 2.27 bits per heavy atom. The SMILES string of the molecule is CC(C)(C)OC(=O)N[C@H]1CCCCC/C=C\[C@@H]2C[C@@]2(C(=O)NS(=O)(=O)Cc2cc(C(F)(F)F)cc(C(F)(F)F)c2)NC(=O)[C@@H]2C[C@@H](OC(=O)N3Cc4cccc(F)c4C3)CN2C1=O. The predicted molar refractivity (Wildman–Crippen MR) is 208 cm³/mol. The highest BCUT2D eigenvalue weighted by molar-refractivity contribution is 7.89. The van der Waals surface area contributed by atoms with Gasteiger partial charge in [-0.25, -0.2) is 22.4 Å². The van der Waals surface area contributed by atoms with Crippen molar-refractivity contribution in [3.63, 3.8) is 0 Å². The summed E-state index contributed by atoms with van der Waals surface area (Å²) >= 11 is 0. The number of sulfonamides is 1. The molecule has 0 aromatic heterocycles. The molecule has 6 rings (SSSR count). The summed E-state index contributed by atoms with van der Waals surface area (Å²) in [5.74, 6) is -5.96. The number of alkyl carbamates (subject to hydrolysis) is 1. The lowest BCUT2D eigenvalue weighted by atomic mass is 10.0. The summed E-state index contributed by atoms with van der Waals surface area (Å²) in [5, 5.41) is 5.11. The first-order valence-corrected chi connectivity index (χ1v) is 21.7. The van der Waals surface area contributed by atoms with E-state index in [1.807, 2.05) is 0 Å². The number of benzene rings is 2. The van der Waals surface area contributed by atoms with Crippen molar-refractivity contribution in [3.8, 4) is 0 Å². The first kappa shape index (κ1) is 47.1. The number of hydrogen-bond donors (Lipinski definition) is 3. The van der Waals surface area contributed by atoms with Crippen molar-refractivity contribution < 1.29 is 72.6 Å². The summed E-state index contributed by atoms with van der Waals surface area (Å²) in [6, 6.07) is 1.90. The number of ether oxygens (including phenoxy) is 2. The maximum atomic E-state index is 14.5. The first-order valence-electron chi connectivity index (χ1n) is 20.1. The molecule has 0 bridgehead atoms. The smallest absolute Gasteiger partial charge is 0.416 e. The number of hydrogen-bond acceptors (Lipinski definition) is 9. The molecule has 2 aromatic carbocycles. The van der Waals surface area contributed by atoms with Gasteiger partial charge in [-0.2, -0.15) is 26.3 Å². The summed E-state index contributed by atoms with van der Waals surface area (Å²) in [5.41, 5.74) is -6.58. The zero-order valence-electron chi connectivity index (χ0n) is 34.3. The highest BCUT2D eigenvalue weighted by Gasteiger charge is 2.62. The van der Waals surface area contributed by atoms with Crippen LogP contribution in [0.4, 0.5) is 40.3 Å². The summed E-state index contributed by atoms with van der Waals surface area (Å²) < 4.78 is 135. The first-order chi connectivity index (χ1) is 29.2. The fraction of sp³-hybridized carbons (Fsp3) is 0.537. The van der Waals surface area contributed by atoms with Crippen LogP contribution >= 0.6 is 0 Å². The molecule has 2 fully saturated rings. The highest BCUT2D eigenvalue weighted by atomic mass is 32.2. The van der Waals surface area contributed by atoms with Crippen LogP contribution in [0.1, 0.15) is 93.5 Å². The van der Waals surface area contributed by atoms with Gasteiger partial charge in [0.25, 0.3) is 5.91 Å². The van der Waals surface area contributed by atoms with Crippen molar-refractivity contribution in [2.75, 3.05) is 6.54 Å². The Morgan fingerprint density at radius 1 is 0.952 bits per heavy atom. The van der Waals surface area contributed by atoms with Crippen LogP contribution in [-0.2, 0) is 65.1 Å². The third kappa shape index (κ3) is 11.4. The largest absolute Gasteiger partial charge is 0.444 e. The molecule has 4 aliphatic rings. The molecular formula is C41H46F7N5O9S. The Balaban J connectivity index is 1.27. The summed E-state index contributed by atoms with van der Waals surface area (Å²) in [4.78, 5) is 71.3. The fourth-order valence-corrected chi connectivity index (χ4v) is 9.08. The van der Waals surface area contributed by atoms with Crippen LogP contribution in [0.2, 0.25) is 0 Å². The number of nitrogens with one attached hydrogen (secondary N) is 3. The van der Waals surface area contributed by atoms with E-state index in [2.05, 4.69) is 10.6 Å². The van der Waals surface area contributed by atoms with Gasteiger partial charge < -0.3 is 25.0 Å². The van der Waals surface area contributed by atoms with Gasteiger partial charge in [0.2, 0.25) is 21.8 Å². The molecule has 5 atom stereocenters. The van der Waals surface area contributed by atoms with E-state index < -0.39 is 116 Å². The van der Waals surface area contributed by atoms with Gasteiger partial charge in [0.15, 0.2) is 0 Å². The molecule has 1 saturated carbocycles. The molecule has 1 aliphatic carbocycles. The van der Waals surface area contributed by atoms with Crippen molar-refractivity contribution in [2.24, 2.45) is 5.92 Å². The van der Waals surface area contributed by atoms with Crippen molar-refractivity contribution in [3.05, 3.63) is 82.2 Å². The Bertz CT molecular complexity index is 2250. The van der Waals surface area contributed by atoms with Gasteiger partial charge in [-0.05, 0) is 81.8 Å². The van der Waals surface area contributed by atoms with Gasteiger partial charge in [0, 0.05) is 24.4 Å². The standard InChI is InChI=1S/C41H46F7N5O9S/c1-38(2,3)62-36(57)49-31-13-8-6-4-5-7-11-25-18-39(25,35(56)51-63(59,60)22-23-14-26(40(43,44)45)16-27(15-23)41(46,47)48)50-33(54)32-17-28(20-53(32)34(31)55)61-37(58)52-19-24-10-9-12-30(42)29(24)21-52/h7,9-12,14-16,25,28,31-32H,4-6,8,13,17-22H2,1-3H3,(H,49,57)(H,50,54)(H,51,56)/b11-7-/t25-,28-,31+,32+,39-/m1/s1. The Kier molecular flexibility index (Phi) is 13.2. The van der Waals surface area contributed by atoms with E-state index in [0.29, 0.717) is 36.8 Å². The number of halogens is 7. The molecule has 0 unspecified atom stereocenters. The minimum absolute atomic E-state index is 0.0137. The minimum atomic E-state index is -5.28. The average Bonchev–Trinajstić information content (AvgIpc) is 3.44. The molecule has 63 heavy (non-hydrogen) atoms. The number of carbonyl (C=O) groups is 5. The number of nitrogens with zero attached hydrogens (tertiary/aromatic N) is 2. The average molecular weight is 918 g/mol. The third-order valence-corrected chi connectivity index (χ3v) is 12.2. The van der Waals surface area contributed by atoms with Gasteiger partial charge in [-0.3, -0.25) is 24.0 Å². The lowest BCUT2D eigenvalue weighted by molar-refractivity contribution is -0.143. The molecule has 5 amide bonds. The van der Waals surface area contributed by atoms with Crippen molar-refractivity contribution in [1.82, 2.24) is 25.2 Å². The summed E-state index contributed by atoms with van der Waals surface area (Å²) in [6.45, 7) is 4.36. The van der Waals surface area contributed by atoms with Crippen LogP contribution in [0.3, 0.4) is 0 Å². The van der Waals surface area contributed by atoms with Crippen molar-refractivity contribution in [1.29, 1.82) is 0 Å². The van der Waals surface area contributed by atoms with E-state index in [-0.39, 0.29) is 57.1 Å². The molecular weight excluding hydrogens is 872 g/mol. The highest BCUT2D eigenvalue weighted by Crippen LogP contribution is 2.46. The molecule has 2 aromatic rings. The second-order valence-electron chi connectivity index (χ2n) is 17.1. The normalized spacial score (nSPS) is 25.0. The quantitative estimate of drug-likeness (QED) is 0.224. The molecule has 14 nitrogen and oxygen atoms in total. The van der Waals surface area contributed by atoms with E-state index in [9.17, 15) is 63.1 Å². The number of fused-ring (bicyclic) bond motifs is 3. The predicted octanol–water partition coefficient (Wildman–Crippen LogP) is 6.22. The van der Waals surface area contributed by atoms with Crippen molar-refractivity contribution in [2.45, 2.75) is 126 Å². The number of amides is 5. The fourth-order valence-electron chi connectivity index (χ4n) is 7.93. The molecule has 0 radical (unpaired) electrons. The van der Waals surface area contributed by atoms with Crippen LogP contribution in [-0.4, -0.2) is 84.0 Å². The second kappa shape index (κ2) is 17.6. The van der Waals surface area contributed by atoms with E-state index >= 15 is 0 Å².